The maximum Gasteiger partial charge on any atom is 0.317 e. The van der Waals surface area contributed by atoms with Crippen LogP contribution in [0.1, 0.15) is 21.5 Å². The van der Waals surface area contributed by atoms with Crippen molar-refractivity contribution in [2.24, 2.45) is 0 Å². The topological polar surface area (TPSA) is 61.4 Å². The highest BCUT2D eigenvalue weighted by atomic mass is 19.1. The van der Waals surface area contributed by atoms with E-state index in [0.717, 1.165) is 18.2 Å². The fourth-order valence-corrected chi connectivity index (χ4v) is 2.29. The summed E-state index contributed by atoms with van der Waals surface area (Å²) < 4.78 is 40.0. The summed E-state index contributed by atoms with van der Waals surface area (Å²) in [6, 6.07) is 6.84. The molecule has 0 saturated heterocycles. The van der Waals surface area contributed by atoms with Gasteiger partial charge >= 0.3 is 6.03 Å². The molecule has 0 spiro atoms. The lowest BCUT2D eigenvalue weighted by Gasteiger charge is -2.18. The lowest BCUT2D eigenvalue weighted by molar-refractivity contribution is 0.0953. The summed E-state index contributed by atoms with van der Waals surface area (Å²) in [6.07, 6.45) is 0. The first kappa shape index (κ1) is 20.3. The number of hydrogen-bond donors (Lipinski definition) is 2. The molecule has 2 rings (SSSR count). The third-order valence-electron chi connectivity index (χ3n) is 3.89. The second-order valence-electron chi connectivity index (χ2n) is 6.04. The standard InChI is InChI=1S/C19H20F3N3O2/c1-12-3-4-13(9-16(12)21)18(26)23-7-8-24-19(27)25(2)11-14-5-6-15(20)10-17(14)22/h3-6,9-10H,7-8,11H2,1-2H3,(H,23,26)(H,24,27). The molecule has 0 bridgehead atoms. The minimum Gasteiger partial charge on any atom is -0.350 e. The van der Waals surface area contributed by atoms with Crippen LogP contribution in [0.5, 0.6) is 0 Å². The summed E-state index contributed by atoms with van der Waals surface area (Å²) in [5.74, 6) is -2.34. The van der Waals surface area contributed by atoms with E-state index < -0.39 is 29.4 Å². The molecule has 0 saturated carbocycles. The molecule has 0 aromatic heterocycles. The van der Waals surface area contributed by atoms with Crippen LogP contribution in [0.15, 0.2) is 36.4 Å². The van der Waals surface area contributed by atoms with E-state index in [1.165, 1.54) is 30.1 Å². The Balaban J connectivity index is 1.76. The summed E-state index contributed by atoms with van der Waals surface area (Å²) in [7, 11) is 1.46. The number of nitrogens with zero attached hydrogens (tertiary/aromatic N) is 1. The molecule has 0 fully saturated rings. The average molecular weight is 379 g/mol. The number of amides is 3. The first-order valence-electron chi connectivity index (χ1n) is 8.25. The molecule has 3 amide bonds. The van der Waals surface area contributed by atoms with E-state index in [-0.39, 0.29) is 30.8 Å². The van der Waals surface area contributed by atoms with Crippen LogP contribution in [0, 0.1) is 24.4 Å². The molecule has 144 valence electrons. The molecule has 8 heteroatoms. The van der Waals surface area contributed by atoms with Gasteiger partial charge in [0.15, 0.2) is 0 Å². The van der Waals surface area contributed by atoms with E-state index >= 15 is 0 Å². The number of carbonyl (C=O) groups excluding carboxylic acids is 2. The van der Waals surface area contributed by atoms with E-state index in [1.54, 1.807) is 6.92 Å². The van der Waals surface area contributed by atoms with Gasteiger partial charge in [-0.3, -0.25) is 4.79 Å². The summed E-state index contributed by atoms with van der Waals surface area (Å²) in [6.45, 7) is 1.84. The van der Waals surface area contributed by atoms with Gasteiger partial charge < -0.3 is 15.5 Å². The third kappa shape index (κ3) is 5.73. The minimum absolute atomic E-state index is 0.0348. The van der Waals surface area contributed by atoms with Crippen molar-refractivity contribution in [1.29, 1.82) is 0 Å². The lowest BCUT2D eigenvalue weighted by Crippen LogP contribution is -2.41. The van der Waals surface area contributed by atoms with Gasteiger partial charge in [0.25, 0.3) is 5.91 Å². The van der Waals surface area contributed by atoms with Crippen LogP contribution < -0.4 is 10.6 Å². The zero-order valence-corrected chi connectivity index (χ0v) is 15.0. The molecule has 0 aliphatic rings. The molecule has 2 N–H and O–H groups in total. The molecular formula is C19H20F3N3O2. The normalized spacial score (nSPS) is 10.4. The summed E-state index contributed by atoms with van der Waals surface area (Å²) >= 11 is 0. The number of aryl methyl sites for hydroxylation is 1. The van der Waals surface area contributed by atoms with Crippen molar-refractivity contribution in [1.82, 2.24) is 15.5 Å². The second-order valence-corrected chi connectivity index (χ2v) is 6.04. The van der Waals surface area contributed by atoms with Gasteiger partial charge in [0, 0.05) is 43.9 Å². The van der Waals surface area contributed by atoms with Crippen molar-refractivity contribution in [2.75, 3.05) is 20.1 Å². The quantitative estimate of drug-likeness (QED) is 0.758. The molecule has 0 aliphatic heterocycles. The Kier molecular flexibility index (Phi) is 6.81. The van der Waals surface area contributed by atoms with Crippen molar-refractivity contribution in [2.45, 2.75) is 13.5 Å². The van der Waals surface area contributed by atoms with Crippen molar-refractivity contribution >= 4 is 11.9 Å². The molecule has 5 nitrogen and oxygen atoms in total. The molecule has 0 atom stereocenters. The highest BCUT2D eigenvalue weighted by Crippen LogP contribution is 2.11. The van der Waals surface area contributed by atoms with E-state index in [0.29, 0.717) is 5.56 Å². The van der Waals surface area contributed by atoms with Gasteiger partial charge in [0.05, 0.1) is 0 Å². The number of benzene rings is 2. The fourth-order valence-electron chi connectivity index (χ4n) is 2.29. The predicted octanol–water partition coefficient (Wildman–Crippen LogP) is 2.98. The number of nitrogens with one attached hydrogen (secondary N) is 2. The van der Waals surface area contributed by atoms with Crippen LogP contribution in [0.4, 0.5) is 18.0 Å². The Morgan fingerprint density at radius 3 is 2.33 bits per heavy atom. The van der Waals surface area contributed by atoms with Crippen LogP contribution in [0.2, 0.25) is 0 Å². The summed E-state index contributed by atoms with van der Waals surface area (Å²) in [5.41, 5.74) is 0.816. The molecule has 2 aromatic carbocycles. The largest absolute Gasteiger partial charge is 0.350 e. The number of halogens is 3. The Morgan fingerprint density at radius 2 is 1.67 bits per heavy atom. The predicted molar refractivity (Wildman–Crippen MR) is 94.7 cm³/mol. The Hall–Kier alpha value is -3.03. The van der Waals surface area contributed by atoms with Gasteiger partial charge in [-0.05, 0) is 30.7 Å². The molecular weight excluding hydrogens is 359 g/mol. The van der Waals surface area contributed by atoms with Gasteiger partial charge in [0.2, 0.25) is 0 Å². The molecule has 0 radical (unpaired) electrons. The van der Waals surface area contributed by atoms with Crippen LogP contribution in [0.25, 0.3) is 0 Å². The molecule has 2 aromatic rings. The van der Waals surface area contributed by atoms with Gasteiger partial charge in [0.1, 0.15) is 17.5 Å². The fraction of sp³-hybridized carbons (Fsp3) is 0.263. The van der Waals surface area contributed by atoms with E-state index in [4.69, 9.17) is 0 Å². The van der Waals surface area contributed by atoms with Gasteiger partial charge in [-0.2, -0.15) is 0 Å². The average Bonchev–Trinajstić information content (AvgIpc) is 2.62. The first-order valence-corrected chi connectivity index (χ1v) is 8.25. The van der Waals surface area contributed by atoms with Crippen molar-refractivity contribution in [3.8, 4) is 0 Å². The van der Waals surface area contributed by atoms with E-state index in [1.807, 2.05) is 0 Å². The van der Waals surface area contributed by atoms with Gasteiger partial charge in [-0.15, -0.1) is 0 Å². The molecule has 27 heavy (non-hydrogen) atoms. The first-order chi connectivity index (χ1) is 12.8. The minimum atomic E-state index is -0.729. The Morgan fingerprint density at radius 1 is 0.963 bits per heavy atom. The molecule has 0 unspecified atom stereocenters. The monoisotopic (exact) mass is 379 g/mol. The number of hydrogen-bond acceptors (Lipinski definition) is 2. The Labute approximate surface area is 155 Å². The van der Waals surface area contributed by atoms with Crippen LogP contribution in [-0.4, -0.2) is 37.0 Å². The maximum absolute atomic E-state index is 13.6. The van der Waals surface area contributed by atoms with Gasteiger partial charge in [-0.1, -0.05) is 12.1 Å². The van der Waals surface area contributed by atoms with Crippen molar-refractivity contribution in [3.63, 3.8) is 0 Å². The summed E-state index contributed by atoms with van der Waals surface area (Å²) in [5, 5.41) is 5.13. The van der Waals surface area contributed by atoms with Crippen LogP contribution in [0.3, 0.4) is 0 Å². The molecule has 0 aliphatic carbocycles. The van der Waals surface area contributed by atoms with Crippen LogP contribution in [-0.2, 0) is 6.54 Å². The maximum atomic E-state index is 13.6. The smallest absolute Gasteiger partial charge is 0.317 e. The number of rotatable bonds is 6. The SMILES string of the molecule is Cc1ccc(C(=O)NCCNC(=O)N(C)Cc2ccc(F)cc2F)cc1F. The van der Waals surface area contributed by atoms with E-state index in [2.05, 4.69) is 10.6 Å². The van der Waals surface area contributed by atoms with E-state index in [9.17, 15) is 22.8 Å². The van der Waals surface area contributed by atoms with Gasteiger partial charge in [-0.25, -0.2) is 18.0 Å². The van der Waals surface area contributed by atoms with Crippen molar-refractivity contribution < 1.29 is 22.8 Å². The highest BCUT2D eigenvalue weighted by molar-refractivity contribution is 5.94. The second kappa shape index (κ2) is 9.07. The zero-order valence-electron chi connectivity index (χ0n) is 15.0. The summed E-state index contributed by atoms with van der Waals surface area (Å²) in [4.78, 5) is 25.1. The third-order valence-corrected chi connectivity index (χ3v) is 3.89. The highest BCUT2D eigenvalue weighted by Gasteiger charge is 2.12. The lowest BCUT2D eigenvalue weighted by atomic mass is 10.1. The number of urea groups is 1. The van der Waals surface area contributed by atoms with Crippen molar-refractivity contribution in [3.05, 3.63) is 70.5 Å². The molecule has 0 heterocycles. The zero-order chi connectivity index (χ0) is 20.0. The van der Waals surface area contributed by atoms with Crippen LogP contribution >= 0.6 is 0 Å². The number of carbonyl (C=O) groups is 2. The Bertz CT molecular complexity index is 843.